The van der Waals surface area contributed by atoms with Crippen LogP contribution >= 0.6 is 0 Å². The number of hydrogen-bond acceptors (Lipinski definition) is 1. The lowest BCUT2D eigenvalue weighted by atomic mass is 10.2. The molecule has 0 spiro atoms. The van der Waals surface area contributed by atoms with Crippen LogP contribution in [0.4, 0.5) is 8.78 Å². The first-order chi connectivity index (χ1) is 5.15. The molecule has 0 saturated heterocycles. The van der Waals surface area contributed by atoms with Gasteiger partial charge in [0, 0.05) is 0 Å². The summed E-state index contributed by atoms with van der Waals surface area (Å²) in [6.45, 7) is -0.478. The fourth-order valence-electron chi connectivity index (χ4n) is 0.704. The lowest BCUT2D eigenvalue weighted by Gasteiger charge is -1.97. The van der Waals surface area contributed by atoms with Crippen LogP contribution in [0.5, 0.6) is 5.75 Å². The van der Waals surface area contributed by atoms with E-state index in [4.69, 9.17) is 5.11 Å². The van der Waals surface area contributed by atoms with Gasteiger partial charge in [0.1, 0.15) is 0 Å². The van der Waals surface area contributed by atoms with Gasteiger partial charge in [-0.05, 0) is 17.7 Å². The Hall–Kier alpha value is -1.16. The van der Waals surface area contributed by atoms with Gasteiger partial charge >= 0.3 is 0 Å². The SMILES string of the molecule is [O]c1c(F)cc(CO)cc1F. The molecule has 59 valence electrons. The van der Waals surface area contributed by atoms with Crippen LogP contribution < -0.4 is 0 Å². The maximum absolute atomic E-state index is 12.4. The molecule has 1 aromatic carbocycles. The molecule has 0 amide bonds. The molecule has 1 rings (SSSR count). The van der Waals surface area contributed by atoms with Gasteiger partial charge < -0.3 is 5.11 Å². The Bertz CT molecular complexity index is 250. The van der Waals surface area contributed by atoms with Gasteiger partial charge in [-0.15, -0.1) is 0 Å². The van der Waals surface area contributed by atoms with E-state index < -0.39 is 24.0 Å². The summed E-state index contributed by atoms with van der Waals surface area (Å²) in [7, 11) is 0. The van der Waals surface area contributed by atoms with Crippen LogP contribution in [0.1, 0.15) is 5.56 Å². The molecule has 2 nitrogen and oxygen atoms in total. The topological polar surface area (TPSA) is 40.1 Å². The highest BCUT2D eigenvalue weighted by atomic mass is 19.1. The summed E-state index contributed by atoms with van der Waals surface area (Å²) >= 11 is 0. The molecule has 0 atom stereocenters. The van der Waals surface area contributed by atoms with Crippen molar-refractivity contribution in [2.75, 3.05) is 0 Å². The van der Waals surface area contributed by atoms with Crippen molar-refractivity contribution in [1.82, 2.24) is 0 Å². The molecule has 0 fully saturated rings. The normalized spacial score (nSPS) is 10.1. The number of rotatable bonds is 1. The maximum Gasteiger partial charge on any atom is 0.249 e. The van der Waals surface area contributed by atoms with E-state index in [1.54, 1.807) is 0 Å². The molecule has 0 aromatic heterocycles. The largest absolute Gasteiger partial charge is 0.392 e. The minimum atomic E-state index is -1.26. The van der Waals surface area contributed by atoms with Crippen LogP contribution in [0, 0.1) is 11.6 Å². The quantitative estimate of drug-likeness (QED) is 0.664. The third kappa shape index (κ3) is 1.46. The zero-order valence-electron chi connectivity index (χ0n) is 5.47. The first-order valence-corrected chi connectivity index (χ1v) is 2.91. The van der Waals surface area contributed by atoms with Gasteiger partial charge in [0.15, 0.2) is 11.6 Å². The van der Waals surface area contributed by atoms with Crippen molar-refractivity contribution in [1.29, 1.82) is 0 Å². The van der Waals surface area contributed by atoms with Gasteiger partial charge in [-0.2, -0.15) is 0 Å². The zero-order valence-corrected chi connectivity index (χ0v) is 5.47. The van der Waals surface area contributed by atoms with Gasteiger partial charge in [-0.25, -0.2) is 8.78 Å². The molecule has 0 aliphatic heterocycles. The number of benzene rings is 1. The summed E-state index contributed by atoms with van der Waals surface area (Å²) in [6, 6.07) is 1.62. The zero-order chi connectivity index (χ0) is 8.43. The minimum Gasteiger partial charge on any atom is -0.392 e. The fraction of sp³-hybridized carbons (Fsp3) is 0.143. The predicted molar refractivity (Wildman–Crippen MR) is 32.4 cm³/mol. The molecule has 1 N–H and O–H groups in total. The molecule has 0 unspecified atom stereocenters. The average molecular weight is 159 g/mol. The first-order valence-electron chi connectivity index (χ1n) is 2.91. The van der Waals surface area contributed by atoms with Crippen LogP contribution in [0.3, 0.4) is 0 Å². The van der Waals surface area contributed by atoms with Gasteiger partial charge in [-0.3, -0.25) is 5.11 Å². The van der Waals surface area contributed by atoms with E-state index in [0.717, 1.165) is 12.1 Å². The first kappa shape index (κ1) is 7.94. The van der Waals surface area contributed by atoms with E-state index in [0.29, 0.717) is 0 Å². The van der Waals surface area contributed by atoms with Crippen LogP contribution in [0.15, 0.2) is 12.1 Å². The molecule has 4 heteroatoms. The lowest BCUT2D eigenvalue weighted by molar-refractivity contribution is 0.276. The predicted octanol–water partition coefficient (Wildman–Crippen LogP) is 1.60. The Morgan fingerprint density at radius 3 is 2.09 bits per heavy atom. The van der Waals surface area contributed by atoms with Gasteiger partial charge in [0.25, 0.3) is 0 Å². The molecule has 1 radical (unpaired) electrons. The molecule has 1 aromatic rings. The lowest BCUT2D eigenvalue weighted by Crippen LogP contribution is -1.88. The van der Waals surface area contributed by atoms with Crippen molar-refractivity contribution in [3.05, 3.63) is 29.3 Å². The third-order valence-corrected chi connectivity index (χ3v) is 1.24. The van der Waals surface area contributed by atoms with Crippen molar-refractivity contribution in [3.63, 3.8) is 0 Å². The van der Waals surface area contributed by atoms with E-state index >= 15 is 0 Å². The molecular weight excluding hydrogens is 154 g/mol. The second-order valence-electron chi connectivity index (χ2n) is 2.05. The van der Waals surface area contributed by atoms with E-state index in [9.17, 15) is 13.9 Å². The smallest absolute Gasteiger partial charge is 0.249 e. The summed E-state index contributed by atoms with van der Waals surface area (Å²) in [6.07, 6.45) is 0. The highest BCUT2D eigenvalue weighted by molar-refractivity contribution is 5.29. The van der Waals surface area contributed by atoms with Crippen LogP contribution in [-0.2, 0) is 11.7 Å². The molecule has 0 bridgehead atoms. The number of aliphatic hydroxyl groups excluding tert-OH is 1. The molecule has 0 aliphatic carbocycles. The highest BCUT2D eigenvalue weighted by Crippen LogP contribution is 2.21. The second-order valence-corrected chi connectivity index (χ2v) is 2.05. The van der Waals surface area contributed by atoms with Crippen molar-refractivity contribution in [2.45, 2.75) is 6.61 Å². The van der Waals surface area contributed by atoms with Crippen LogP contribution in [0.2, 0.25) is 0 Å². The Labute approximate surface area is 61.7 Å². The average Bonchev–Trinajstić information content (AvgIpc) is 1.99. The summed E-state index contributed by atoms with van der Waals surface area (Å²) in [5, 5.41) is 18.8. The number of halogens is 2. The van der Waals surface area contributed by atoms with Crippen molar-refractivity contribution >= 4 is 0 Å². The fourth-order valence-corrected chi connectivity index (χ4v) is 0.704. The summed E-state index contributed by atoms with van der Waals surface area (Å²) in [5.74, 6) is -3.61. The molecule has 0 heterocycles. The Morgan fingerprint density at radius 1 is 1.27 bits per heavy atom. The summed E-state index contributed by atoms with van der Waals surface area (Å²) in [4.78, 5) is 0. The highest BCUT2D eigenvalue weighted by Gasteiger charge is 2.10. The van der Waals surface area contributed by atoms with Crippen molar-refractivity contribution in [2.24, 2.45) is 0 Å². The van der Waals surface area contributed by atoms with Gasteiger partial charge in [-0.1, -0.05) is 0 Å². The summed E-state index contributed by atoms with van der Waals surface area (Å²) < 4.78 is 24.7. The molecule has 0 aliphatic rings. The second kappa shape index (κ2) is 2.84. The standard InChI is InChI=1S/C7H5F2O2/c8-5-1-4(3-10)2-6(9)7(5)11/h1-2,10H,3H2. The van der Waals surface area contributed by atoms with Crippen LogP contribution in [0.25, 0.3) is 0 Å². The van der Waals surface area contributed by atoms with E-state index in [1.807, 2.05) is 0 Å². The third-order valence-electron chi connectivity index (χ3n) is 1.24. The summed E-state index contributed by atoms with van der Waals surface area (Å²) in [5.41, 5.74) is 0.0552. The molecular formula is C7H5F2O2. The number of aliphatic hydroxyl groups is 1. The van der Waals surface area contributed by atoms with E-state index in [-0.39, 0.29) is 5.56 Å². The monoisotopic (exact) mass is 159 g/mol. The van der Waals surface area contributed by atoms with Crippen molar-refractivity contribution < 1.29 is 19.0 Å². The Morgan fingerprint density at radius 2 is 1.73 bits per heavy atom. The van der Waals surface area contributed by atoms with E-state index in [1.165, 1.54) is 0 Å². The van der Waals surface area contributed by atoms with Gasteiger partial charge in [0.2, 0.25) is 5.75 Å². The Balaban J connectivity index is 3.21. The Kier molecular flexibility index (Phi) is 2.05. The van der Waals surface area contributed by atoms with E-state index in [2.05, 4.69) is 0 Å². The molecule has 0 saturated carbocycles. The number of hydrogen-bond donors (Lipinski definition) is 1. The van der Waals surface area contributed by atoms with Crippen LogP contribution in [-0.4, -0.2) is 5.11 Å². The molecule has 11 heavy (non-hydrogen) atoms. The maximum atomic E-state index is 12.4. The van der Waals surface area contributed by atoms with Crippen molar-refractivity contribution in [3.8, 4) is 5.75 Å². The van der Waals surface area contributed by atoms with Gasteiger partial charge in [0.05, 0.1) is 6.61 Å². The minimum absolute atomic E-state index is 0.0552.